The fraction of sp³-hybridized carbons (Fsp3) is 0.643. The van der Waals surface area contributed by atoms with Crippen LogP contribution in [-0.4, -0.2) is 27.1 Å². The Kier molecular flexibility index (Phi) is 3.11. The zero-order valence-electron chi connectivity index (χ0n) is 11.4. The molecule has 1 unspecified atom stereocenters. The van der Waals surface area contributed by atoms with Crippen LogP contribution in [0.4, 0.5) is 0 Å². The average Bonchev–Trinajstić information content (AvgIpc) is 2.83. The first kappa shape index (κ1) is 13.3. The van der Waals surface area contributed by atoms with Gasteiger partial charge in [0.25, 0.3) is 0 Å². The van der Waals surface area contributed by atoms with Crippen molar-refractivity contribution in [3.63, 3.8) is 0 Å². The van der Waals surface area contributed by atoms with Crippen LogP contribution in [0.15, 0.2) is 23.0 Å². The zero-order chi connectivity index (χ0) is 13.6. The predicted octanol–water partition coefficient (Wildman–Crippen LogP) is 3.12. The molecule has 0 spiro atoms. The van der Waals surface area contributed by atoms with Gasteiger partial charge in [-0.3, -0.25) is 4.79 Å². The van der Waals surface area contributed by atoms with Gasteiger partial charge in [0.15, 0.2) is 5.78 Å². The molecule has 0 aromatic carbocycles. The SMILES string of the molecule is CC1(C)CC(CC(=O)c2ccoc2)C(C)(C)N1O. The summed E-state index contributed by atoms with van der Waals surface area (Å²) in [5, 5.41) is 11.6. The first-order valence-electron chi connectivity index (χ1n) is 6.30. The number of rotatable bonds is 3. The van der Waals surface area contributed by atoms with Crippen LogP contribution in [0.5, 0.6) is 0 Å². The van der Waals surface area contributed by atoms with Gasteiger partial charge in [-0.15, -0.1) is 0 Å². The maximum atomic E-state index is 12.1. The fourth-order valence-corrected chi connectivity index (χ4v) is 2.98. The van der Waals surface area contributed by atoms with Crippen molar-refractivity contribution in [1.82, 2.24) is 5.06 Å². The average molecular weight is 251 g/mol. The third-order valence-corrected chi connectivity index (χ3v) is 4.14. The quantitative estimate of drug-likeness (QED) is 0.839. The van der Waals surface area contributed by atoms with Gasteiger partial charge in [-0.25, -0.2) is 0 Å². The summed E-state index contributed by atoms with van der Waals surface area (Å²) in [6.07, 6.45) is 4.23. The number of hydrogen-bond donors (Lipinski definition) is 1. The summed E-state index contributed by atoms with van der Waals surface area (Å²) in [5.74, 6) is 0.216. The minimum Gasteiger partial charge on any atom is -0.472 e. The Morgan fingerprint density at radius 3 is 2.61 bits per heavy atom. The van der Waals surface area contributed by atoms with Crippen LogP contribution in [0.3, 0.4) is 0 Å². The van der Waals surface area contributed by atoms with Crippen molar-refractivity contribution in [1.29, 1.82) is 0 Å². The molecule has 1 fully saturated rings. The molecule has 18 heavy (non-hydrogen) atoms. The lowest BCUT2D eigenvalue weighted by Gasteiger charge is -2.35. The van der Waals surface area contributed by atoms with Crippen molar-refractivity contribution in [3.8, 4) is 0 Å². The monoisotopic (exact) mass is 251 g/mol. The topological polar surface area (TPSA) is 53.7 Å². The molecule has 4 nitrogen and oxygen atoms in total. The Morgan fingerprint density at radius 1 is 1.50 bits per heavy atom. The van der Waals surface area contributed by atoms with E-state index in [9.17, 15) is 10.0 Å². The number of hydroxylamine groups is 2. The number of ketones is 1. The molecule has 100 valence electrons. The van der Waals surface area contributed by atoms with Crippen molar-refractivity contribution in [2.24, 2.45) is 5.92 Å². The first-order chi connectivity index (χ1) is 8.25. The van der Waals surface area contributed by atoms with Crippen molar-refractivity contribution in [2.75, 3.05) is 0 Å². The van der Waals surface area contributed by atoms with Crippen molar-refractivity contribution in [2.45, 2.75) is 51.6 Å². The molecular weight excluding hydrogens is 230 g/mol. The largest absolute Gasteiger partial charge is 0.472 e. The van der Waals surface area contributed by atoms with Crippen molar-refractivity contribution < 1.29 is 14.4 Å². The standard InChI is InChI=1S/C14H21NO3/c1-13(2)8-11(14(3,4)15(13)17)7-12(16)10-5-6-18-9-10/h5-6,9,11,17H,7-8H2,1-4H3. The van der Waals surface area contributed by atoms with E-state index in [1.165, 1.54) is 17.6 Å². The van der Waals surface area contributed by atoms with Crippen LogP contribution in [0.25, 0.3) is 0 Å². The fourth-order valence-electron chi connectivity index (χ4n) is 2.98. The summed E-state index contributed by atoms with van der Waals surface area (Å²) in [7, 11) is 0. The van der Waals surface area contributed by atoms with Gasteiger partial charge in [0.2, 0.25) is 0 Å². The number of hydrogen-bond acceptors (Lipinski definition) is 4. The summed E-state index contributed by atoms with van der Waals surface area (Å²) in [4.78, 5) is 12.1. The summed E-state index contributed by atoms with van der Waals surface area (Å²) < 4.78 is 4.93. The summed E-state index contributed by atoms with van der Waals surface area (Å²) in [5.41, 5.74) is -0.0618. The third kappa shape index (κ3) is 2.10. The number of furan rings is 1. The minimum atomic E-state index is -0.386. The van der Waals surface area contributed by atoms with Crippen LogP contribution in [0, 0.1) is 5.92 Å². The van der Waals surface area contributed by atoms with Crippen molar-refractivity contribution in [3.05, 3.63) is 24.2 Å². The van der Waals surface area contributed by atoms with Gasteiger partial charge in [0, 0.05) is 17.5 Å². The normalized spacial score (nSPS) is 26.4. The smallest absolute Gasteiger partial charge is 0.166 e. The highest BCUT2D eigenvalue weighted by molar-refractivity contribution is 5.95. The highest BCUT2D eigenvalue weighted by atomic mass is 16.5. The predicted molar refractivity (Wildman–Crippen MR) is 67.5 cm³/mol. The molecule has 1 aromatic rings. The number of carbonyl (C=O) groups is 1. The van der Waals surface area contributed by atoms with E-state index in [0.717, 1.165) is 6.42 Å². The second-order valence-corrected chi connectivity index (χ2v) is 6.32. The molecule has 2 rings (SSSR count). The van der Waals surface area contributed by atoms with Gasteiger partial charge in [-0.05, 0) is 46.1 Å². The van der Waals surface area contributed by atoms with Gasteiger partial charge in [0.05, 0.1) is 11.8 Å². The molecule has 0 saturated carbocycles. The van der Waals surface area contributed by atoms with E-state index >= 15 is 0 Å². The van der Waals surface area contributed by atoms with Crippen LogP contribution in [-0.2, 0) is 0 Å². The van der Waals surface area contributed by atoms with Gasteiger partial charge >= 0.3 is 0 Å². The summed E-state index contributed by atoms with van der Waals surface area (Å²) in [6, 6.07) is 1.69. The van der Waals surface area contributed by atoms with Crippen molar-refractivity contribution >= 4 is 5.78 Å². The second-order valence-electron chi connectivity index (χ2n) is 6.32. The van der Waals surface area contributed by atoms with Crippen LogP contribution >= 0.6 is 0 Å². The number of nitrogens with zero attached hydrogens (tertiary/aromatic N) is 1. The Bertz CT molecular complexity index is 434. The zero-order valence-corrected chi connectivity index (χ0v) is 11.4. The Hall–Kier alpha value is -1.13. The van der Waals surface area contributed by atoms with Gasteiger partial charge < -0.3 is 9.62 Å². The highest BCUT2D eigenvalue weighted by Gasteiger charge is 2.51. The molecule has 0 radical (unpaired) electrons. The molecule has 0 aliphatic carbocycles. The number of carbonyl (C=O) groups excluding carboxylic acids is 1. The molecule has 1 aliphatic heterocycles. The molecule has 0 bridgehead atoms. The van der Waals surface area contributed by atoms with E-state index in [1.54, 1.807) is 6.07 Å². The van der Waals surface area contributed by atoms with Gasteiger partial charge in [-0.2, -0.15) is 5.06 Å². The van der Waals surface area contributed by atoms with Gasteiger partial charge in [-0.1, -0.05) is 0 Å². The van der Waals surface area contributed by atoms with E-state index in [0.29, 0.717) is 12.0 Å². The Balaban J connectivity index is 2.13. The van der Waals surface area contributed by atoms with E-state index in [1.807, 2.05) is 27.7 Å². The van der Waals surface area contributed by atoms with E-state index in [2.05, 4.69) is 0 Å². The highest BCUT2D eigenvalue weighted by Crippen LogP contribution is 2.45. The number of Topliss-reactive ketones (excluding diaryl/α,β-unsaturated/α-hetero) is 1. The molecule has 1 saturated heterocycles. The van der Waals surface area contributed by atoms with Crippen LogP contribution in [0.2, 0.25) is 0 Å². The molecule has 0 amide bonds. The Labute approximate surface area is 108 Å². The molecule has 2 heterocycles. The molecule has 1 aliphatic rings. The third-order valence-electron chi connectivity index (χ3n) is 4.14. The maximum absolute atomic E-state index is 12.1. The second kappa shape index (κ2) is 4.21. The van der Waals surface area contributed by atoms with Crippen LogP contribution < -0.4 is 0 Å². The lowest BCUT2D eigenvalue weighted by Crippen LogP contribution is -2.47. The molecule has 1 atom stereocenters. The first-order valence-corrected chi connectivity index (χ1v) is 6.30. The summed E-state index contributed by atoms with van der Waals surface area (Å²) >= 11 is 0. The van der Waals surface area contributed by atoms with E-state index in [4.69, 9.17) is 4.42 Å². The lowest BCUT2D eigenvalue weighted by molar-refractivity contribution is -0.196. The van der Waals surface area contributed by atoms with E-state index in [-0.39, 0.29) is 22.8 Å². The molecule has 1 N–H and O–H groups in total. The van der Waals surface area contributed by atoms with Gasteiger partial charge in [0.1, 0.15) is 6.26 Å². The maximum Gasteiger partial charge on any atom is 0.166 e. The molecule has 1 aromatic heterocycles. The molecular formula is C14H21NO3. The Morgan fingerprint density at radius 2 is 2.17 bits per heavy atom. The lowest BCUT2D eigenvalue weighted by atomic mass is 9.82. The van der Waals surface area contributed by atoms with E-state index < -0.39 is 0 Å². The molecule has 4 heteroatoms. The summed E-state index contributed by atoms with van der Waals surface area (Å²) in [6.45, 7) is 7.96. The van der Waals surface area contributed by atoms with Crippen LogP contribution in [0.1, 0.15) is 50.9 Å². The minimum absolute atomic E-state index is 0.0768.